The third-order valence-corrected chi connectivity index (χ3v) is 4.41. The summed E-state index contributed by atoms with van der Waals surface area (Å²) in [6, 6.07) is 9.31. The van der Waals surface area contributed by atoms with Crippen LogP contribution >= 0.6 is 0 Å². The Bertz CT molecular complexity index is 461. The minimum Gasteiger partial charge on any atom is -0.399 e. The topological polar surface area (TPSA) is 26.0 Å². The van der Waals surface area contributed by atoms with Gasteiger partial charge in [0.25, 0.3) is 0 Å². The minimum atomic E-state index is 0.812. The number of rotatable bonds is 6. The predicted octanol–water partition coefficient (Wildman–Crippen LogP) is 5.48. The SMILES string of the molecule is CC/C=C(N)\C=C/CCc1ccc(C2CCCCC2)cc1. The van der Waals surface area contributed by atoms with Gasteiger partial charge in [-0.3, -0.25) is 0 Å². The van der Waals surface area contributed by atoms with E-state index in [2.05, 4.69) is 43.3 Å². The van der Waals surface area contributed by atoms with Crippen molar-refractivity contribution in [3.63, 3.8) is 0 Å². The lowest BCUT2D eigenvalue weighted by Gasteiger charge is -2.22. The molecular weight excluding hydrogens is 254 g/mol. The van der Waals surface area contributed by atoms with E-state index in [0.29, 0.717) is 0 Å². The van der Waals surface area contributed by atoms with E-state index in [9.17, 15) is 0 Å². The standard InChI is InChI=1S/C20H29N/c1-2-8-20(21)12-7-6-9-17-13-15-19(16-14-17)18-10-4-3-5-11-18/h7-8,12-16,18H,2-6,9-11,21H2,1H3/b12-7-,20-8+. The number of aryl methyl sites for hydroxylation is 1. The Morgan fingerprint density at radius 2 is 1.86 bits per heavy atom. The monoisotopic (exact) mass is 283 g/mol. The third kappa shape index (κ3) is 5.41. The molecule has 0 spiro atoms. The van der Waals surface area contributed by atoms with Gasteiger partial charge in [-0.1, -0.05) is 62.6 Å². The third-order valence-electron chi connectivity index (χ3n) is 4.41. The summed E-state index contributed by atoms with van der Waals surface area (Å²) in [6.45, 7) is 2.11. The Balaban J connectivity index is 1.81. The highest BCUT2D eigenvalue weighted by Crippen LogP contribution is 2.32. The van der Waals surface area contributed by atoms with Crippen molar-refractivity contribution in [2.75, 3.05) is 0 Å². The van der Waals surface area contributed by atoms with Crippen molar-refractivity contribution in [1.82, 2.24) is 0 Å². The van der Waals surface area contributed by atoms with Crippen LogP contribution in [0.15, 0.2) is 48.2 Å². The first kappa shape index (κ1) is 15.9. The minimum absolute atomic E-state index is 0.812. The van der Waals surface area contributed by atoms with Crippen LogP contribution in [0.4, 0.5) is 0 Å². The molecule has 0 bridgehead atoms. The fourth-order valence-corrected chi connectivity index (χ4v) is 3.17. The van der Waals surface area contributed by atoms with E-state index in [1.54, 1.807) is 5.56 Å². The molecule has 0 heterocycles. The molecule has 0 aliphatic heterocycles. The molecule has 2 N–H and O–H groups in total. The van der Waals surface area contributed by atoms with Gasteiger partial charge in [-0.2, -0.15) is 0 Å². The van der Waals surface area contributed by atoms with Crippen LogP contribution in [0.3, 0.4) is 0 Å². The second kappa shape index (κ2) is 8.71. The zero-order valence-electron chi connectivity index (χ0n) is 13.4. The molecule has 1 nitrogen and oxygen atoms in total. The number of nitrogens with two attached hydrogens (primary N) is 1. The van der Waals surface area contributed by atoms with Crippen LogP contribution in [-0.4, -0.2) is 0 Å². The second-order valence-electron chi connectivity index (χ2n) is 6.13. The van der Waals surface area contributed by atoms with Gasteiger partial charge in [0.15, 0.2) is 0 Å². The molecule has 0 saturated heterocycles. The molecule has 21 heavy (non-hydrogen) atoms. The van der Waals surface area contributed by atoms with Gasteiger partial charge in [-0.25, -0.2) is 0 Å². The van der Waals surface area contributed by atoms with Crippen LogP contribution in [0.5, 0.6) is 0 Å². The smallest absolute Gasteiger partial charge is 0.0270 e. The second-order valence-corrected chi connectivity index (χ2v) is 6.13. The first-order valence-electron chi connectivity index (χ1n) is 8.50. The van der Waals surface area contributed by atoms with Gasteiger partial charge in [0.05, 0.1) is 0 Å². The van der Waals surface area contributed by atoms with E-state index in [-0.39, 0.29) is 0 Å². The number of allylic oxidation sites excluding steroid dienone is 3. The highest BCUT2D eigenvalue weighted by atomic mass is 14.5. The quantitative estimate of drug-likeness (QED) is 0.688. The summed E-state index contributed by atoms with van der Waals surface area (Å²) >= 11 is 0. The average Bonchev–Trinajstić information content (AvgIpc) is 2.53. The highest BCUT2D eigenvalue weighted by Gasteiger charge is 2.14. The van der Waals surface area contributed by atoms with Crippen molar-refractivity contribution in [2.24, 2.45) is 5.73 Å². The highest BCUT2D eigenvalue weighted by molar-refractivity contribution is 5.26. The zero-order valence-corrected chi connectivity index (χ0v) is 13.4. The largest absolute Gasteiger partial charge is 0.399 e. The maximum atomic E-state index is 5.84. The Morgan fingerprint density at radius 1 is 1.14 bits per heavy atom. The molecule has 1 aliphatic carbocycles. The summed E-state index contributed by atoms with van der Waals surface area (Å²) in [5, 5.41) is 0. The van der Waals surface area contributed by atoms with Gasteiger partial charge >= 0.3 is 0 Å². The molecule has 1 aromatic carbocycles. The normalized spacial score (nSPS) is 17.5. The van der Waals surface area contributed by atoms with Crippen molar-refractivity contribution in [1.29, 1.82) is 0 Å². The predicted molar refractivity (Wildman–Crippen MR) is 92.3 cm³/mol. The van der Waals surface area contributed by atoms with Crippen LogP contribution in [-0.2, 0) is 6.42 Å². The summed E-state index contributed by atoms with van der Waals surface area (Å²) < 4.78 is 0. The van der Waals surface area contributed by atoms with Crippen LogP contribution in [0, 0.1) is 0 Å². The van der Waals surface area contributed by atoms with E-state index in [0.717, 1.165) is 30.9 Å². The van der Waals surface area contributed by atoms with Crippen LogP contribution < -0.4 is 5.73 Å². The fourth-order valence-electron chi connectivity index (χ4n) is 3.17. The molecule has 1 aliphatic rings. The van der Waals surface area contributed by atoms with Crippen molar-refractivity contribution in [3.8, 4) is 0 Å². The molecule has 1 fully saturated rings. The van der Waals surface area contributed by atoms with Crippen molar-refractivity contribution in [2.45, 2.75) is 64.2 Å². The Kier molecular flexibility index (Phi) is 6.59. The number of hydrogen-bond donors (Lipinski definition) is 1. The molecule has 0 aromatic heterocycles. The maximum absolute atomic E-state index is 5.84. The van der Waals surface area contributed by atoms with Crippen LogP contribution in [0.1, 0.15) is 68.9 Å². The summed E-state index contributed by atoms with van der Waals surface area (Å²) in [5.74, 6) is 0.812. The van der Waals surface area contributed by atoms with Gasteiger partial charge < -0.3 is 5.73 Å². The maximum Gasteiger partial charge on any atom is 0.0270 e. The van der Waals surface area contributed by atoms with E-state index in [1.165, 1.54) is 37.7 Å². The molecule has 1 saturated carbocycles. The summed E-state index contributed by atoms with van der Waals surface area (Å²) in [5.41, 5.74) is 9.69. The van der Waals surface area contributed by atoms with Gasteiger partial charge in [0, 0.05) is 5.70 Å². The molecule has 1 heteroatoms. The first-order chi connectivity index (χ1) is 10.3. The van der Waals surface area contributed by atoms with Crippen LogP contribution in [0.2, 0.25) is 0 Å². The van der Waals surface area contributed by atoms with E-state index in [1.807, 2.05) is 6.08 Å². The molecular formula is C20H29N. The van der Waals surface area contributed by atoms with Gasteiger partial charge in [-0.15, -0.1) is 0 Å². The Labute approximate surface area is 129 Å². The molecule has 2 rings (SSSR count). The van der Waals surface area contributed by atoms with E-state index in [4.69, 9.17) is 5.73 Å². The first-order valence-corrected chi connectivity index (χ1v) is 8.50. The summed E-state index contributed by atoms with van der Waals surface area (Å²) in [7, 11) is 0. The lowest BCUT2D eigenvalue weighted by atomic mass is 9.84. The molecule has 0 unspecified atom stereocenters. The number of benzene rings is 1. The summed E-state index contributed by atoms with van der Waals surface area (Å²) in [6.07, 6.45) is 16.4. The molecule has 0 radical (unpaired) electrons. The molecule has 1 aromatic rings. The molecule has 0 amide bonds. The van der Waals surface area contributed by atoms with Gasteiger partial charge in [0.1, 0.15) is 0 Å². The van der Waals surface area contributed by atoms with Gasteiger partial charge in [-0.05, 0) is 55.2 Å². The Morgan fingerprint density at radius 3 is 2.52 bits per heavy atom. The fraction of sp³-hybridized carbons (Fsp3) is 0.500. The molecule has 0 atom stereocenters. The van der Waals surface area contributed by atoms with E-state index >= 15 is 0 Å². The van der Waals surface area contributed by atoms with Crippen LogP contribution in [0.25, 0.3) is 0 Å². The average molecular weight is 283 g/mol. The number of hydrogen-bond acceptors (Lipinski definition) is 1. The van der Waals surface area contributed by atoms with Gasteiger partial charge in [0.2, 0.25) is 0 Å². The van der Waals surface area contributed by atoms with Crippen molar-refractivity contribution < 1.29 is 0 Å². The summed E-state index contributed by atoms with van der Waals surface area (Å²) in [4.78, 5) is 0. The molecule has 114 valence electrons. The van der Waals surface area contributed by atoms with Crippen molar-refractivity contribution >= 4 is 0 Å². The van der Waals surface area contributed by atoms with E-state index < -0.39 is 0 Å². The Hall–Kier alpha value is -1.50. The lowest BCUT2D eigenvalue weighted by Crippen LogP contribution is -2.04. The lowest BCUT2D eigenvalue weighted by molar-refractivity contribution is 0.443. The van der Waals surface area contributed by atoms with Crippen molar-refractivity contribution in [3.05, 3.63) is 59.3 Å². The zero-order chi connectivity index (χ0) is 14.9.